The third-order valence-electron chi connectivity index (χ3n) is 2.18. The molecule has 0 bridgehead atoms. The summed E-state index contributed by atoms with van der Waals surface area (Å²) < 4.78 is 0. The Balaban J connectivity index is 2.71. The fourth-order valence-electron chi connectivity index (χ4n) is 1.41. The fraction of sp³-hybridized carbons (Fsp3) is 0.545. The van der Waals surface area contributed by atoms with Gasteiger partial charge in [-0.1, -0.05) is 20.4 Å². The first-order chi connectivity index (χ1) is 7.02. The number of Topliss-reactive ketones (excluding diaryl/α,β-unsaturated/α-hetero) is 1. The number of nitrogens with zero attached hydrogens (tertiary/aromatic N) is 2. The van der Waals surface area contributed by atoms with Crippen LogP contribution in [0.4, 0.5) is 0 Å². The molecular weight excluding hydrogens is 190 g/mol. The molecule has 1 heterocycles. The van der Waals surface area contributed by atoms with Crippen LogP contribution in [-0.4, -0.2) is 23.8 Å². The summed E-state index contributed by atoms with van der Waals surface area (Å²) in [4.78, 5) is 12.0. The lowest BCUT2D eigenvalue weighted by Gasteiger charge is -2.21. The highest BCUT2D eigenvalue weighted by atomic mass is 16.1. The van der Waals surface area contributed by atoms with Crippen LogP contribution in [-0.2, 0) is 4.79 Å². The maximum absolute atomic E-state index is 12.0. The van der Waals surface area contributed by atoms with Crippen LogP contribution in [0.1, 0.15) is 27.2 Å². The van der Waals surface area contributed by atoms with Crippen LogP contribution in [0.15, 0.2) is 22.5 Å². The molecule has 1 unspecified atom stereocenters. The lowest BCUT2D eigenvalue weighted by molar-refractivity contribution is -0.115. The van der Waals surface area contributed by atoms with Crippen LogP contribution in [0.25, 0.3) is 0 Å². The van der Waals surface area contributed by atoms with E-state index in [1.807, 2.05) is 20.8 Å². The highest BCUT2D eigenvalue weighted by Gasteiger charge is 2.26. The largest absolute Gasteiger partial charge is 0.379 e. The Morgan fingerprint density at radius 2 is 2.27 bits per heavy atom. The van der Waals surface area contributed by atoms with E-state index in [0.717, 1.165) is 5.70 Å². The van der Waals surface area contributed by atoms with Crippen molar-refractivity contribution in [3.8, 4) is 0 Å². The molecule has 4 heteroatoms. The average Bonchev–Trinajstić information content (AvgIpc) is 2.65. The second kappa shape index (κ2) is 4.87. The molecule has 82 valence electrons. The predicted octanol–water partition coefficient (Wildman–Crippen LogP) is 1.53. The van der Waals surface area contributed by atoms with Gasteiger partial charge in [0.2, 0.25) is 5.78 Å². The first kappa shape index (κ1) is 11.6. The van der Waals surface area contributed by atoms with Crippen LogP contribution in [0.5, 0.6) is 0 Å². The van der Waals surface area contributed by atoms with Gasteiger partial charge >= 0.3 is 0 Å². The summed E-state index contributed by atoms with van der Waals surface area (Å²) in [6.07, 6.45) is 2.19. The Morgan fingerprint density at radius 3 is 2.67 bits per heavy atom. The number of ketones is 1. The van der Waals surface area contributed by atoms with Gasteiger partial charge in [0.15, 0.2) is 0 Å². The molecule has 0 saturated carbocycles. The summed E-state index contributed by atoms with van der Waals surface area (Å²) in [5.74, 6) is 0.225. The number of carbonyl (C=O) groups excluding carboxylic acids is 1. The molecule has 1 rings (SSSR count). The minimum Gasteiger partial charge on any atom is -0.379 e. The standard InChI is InChI=1S/C11H17N3O/c1-7(2)10(13-8(3)4)11(15)9-5-6-12-14-9/h6-7,10,13H,3,5H2,1-2,4H3. The third kappa shape index (κ3) is 3.01. The van der Waals surface area contributed by atoms with Gasteiger partial charge in [-0.25, -0.2) is 0 Å². The molecule has 0 aromatic carbocycles. The Labute approximate surface area is 90.2 Å². The van der Waals surface area contributed by atoms with Crippen molar-refractivity contribution in [2.45, 2.75) is 33.2 Å². The van der Waals surface area contributed by atoms with Crippen molar-refractivity contribution in [3.63, 3.8) is 0 Å². The topological polar surface area (TPSA) is 53.8 Å². The Kier molecular flexibility index (Phi) is 3.77. The van der Waals surface area contributed by atoms with Gasteiger partial charge in [-0.2, -0.15) is 10.2 Å². The van der Waals surface area contributed by atoms with Gasteiger partial charge in [0.25, 0.3) is 0 Å². The van der Waals surface area contributed by atoms with Crippen LogP contribution in [0, 0.1) is 5.92 Å². The van der Waals surface area contributed by atoms with Crippen LogP contribution in [0.2, 0.25) is 0 Å². The zero-order valence-electron chi connectivity index (χ0n) is 9.45. The summed E-state index contributed by atoms with van der Waals surface area (Å²) in [5, 5.41) is 10.6. The molecule has 0 aromatic rings. The maximum Gasteiger partial charge on any atom is 0.201 e. The first-order valence-electron chi connectivity index (χ1n) is 5.07. The summed E-state index contributed by atoms with van der Waals surface area (Å²) >= 11 is 0. The van der Waals surface area contributed by atoms with Gasteiger partial charge in [-0.05, 0) is 12.8 Å². The second-order valence-corrected chi connectivity index (χ2v) is 4.06. The van der Waals surface area contributed by atoms with Gasteiger partial charge in [0.1, 0.15) is 5.71 Å². The molecule has 1 aliphatic rings. The molecule has 1 N–H and O–H groups in total. The zero-order chi connectivity index (χ0) is 11.4. The number of rotatable bonds is 5. The van der Waals surface area contributed by atoms with Gasteiger partial charge in [-0.15, -0.1) is 0 Å². The van der Waals surface area contributed by atoms with Crippen molar-refractivity contribution in [3.05, 3.63) is 12.3 Å². The van der Waals surface area contributed by atoms with Crippen molar-refractivity contribution in [1.82, 2.24) is 5.32 Å². The highest BCUT2D eigenvalue weighted by Crippen LogP contribution is 2.09. The molecule has 1 aliphatic heterocycles. The summed E-state index contributed by atoms with van der Waals surface area (Å²) in [7, 11) is 0. The van der Waals surface area contributed by atoms with E-state index < -0.39 is 0 Å². The lowest BCUT2D eigenvalue weighted by Crippen LogP contribution is -2.43. The van der Waals surface area contributed by atoms with E-state index in [-0.39, 0.29) is 17.7 Å². The zero-order valence-corrected chi connectivity index (χ0v) is 9.45. The SMILES string of the molecule is C=C(C)NC(C(=O)C1=NN=CC1)C(C)C. The molecular formula is C11H17N3O. The molecule has 0 amide bonds. The number of carbonyl (C=O) groups is 1. The molecule has 1 atom stereocenters. The van der Waals surface area contributed by atoms with Crippen LogP contribution >= 0.6 is 0 Å². The molecule has 0 fully saturated rings. The minimum absolute atomic E-state index is 0.0190. The number of allylic oxidation sites excluding steroid dienone is 1. The van der Waals surface area contributed by atoms with Crippen molar-refractivity contribution in [2.75, 3.05) is 0 Å². The van der Waals surface area contributed by atoms with Crippen molar-refractivity contribution >= 4 is 17.7 Å². The quantitative estimate of drug-likeness (QED) is 0.743. The Bertz CT molecular complexity index is 329. The first-order valence-corrected chi connectivity index (χ1v) is 5.07. The molecule has 0 saturated heterocycles. The molecule has 0 radical (unpaired) electrons. The van der Waals surface area contributed by atoms with Crippen molar-refractivity contribution < 1.29 is 4.79 Å². The Hall–Kier alpha value is -1.45. The molecule has 15 heavy (non-hydrogen) atoms. The predicted molar refractivity (Wildman–Crippen MR) is 62.1 cm³/mol. The second-order valence-electron chi connectivity index (χ2n) is 4.06. The maximum atomic E-state index is 12.0. The monoisotopic (exact) mass is 207 g/mol. The molecule has 0 spiro atoms. The number of hydrogen-bond acceptors (Lipinski definition) is 4. The summed E-state index contributed by atoms with van der Waals surface area (Å²) in [6, 6.07) is -0.247. The van der Waals surface area contributed by atoms with Gasteiger partial charge in [0.05, 0.1) is 6.04 Å². The average molecular weight is 207 g/mol. The molecule has 0 aromatic heterocycles. The van der Waals surface area contributed by atoms with E-state index in [4.69, 9.17) is 0 Å². The lowest BCUT2D eigenvalue weighted by atomic mass is 9.96. The Morgan fingerprint density at radius 1 is 1.60 bits per heavy atom. The molecule has 4 nitrogen and oxygen atoms in total. The van der Waals surface area contributed by atoms with Crippen molar-refractivity contribution in [2.24, 2.45) is 16.1 Å². The number of hydrogen-bond donors (Lipinski definition) is 1. The summed E-state index contributed by atoms with van der Waals surface area (Å²) in [5.41, 5.74) is 1.32. The number of nitrogens with one attached hydrogen (secondary N) is 1. The minimum atomic E-state index is -0.247. The van der Waals surface area contributed by atoms with Gasteiger partial charge in [-0.3, -0.25) is 4.79 Å². The molecule has 0 aliphatic carbocycles. The normalized spacial score (nSPS) is 16.4. The fourth-order valence-corrected chi connectivity index (χ4v) is 1.41. The van der Waals surface area contributed by atoms with Crippen molar-refractivity contribution in [1.29, 1.82) is 0 Å². The van der Waals surface area contributed by atoms with E-state index in [1.54, 1.807) is 6.21 Å². The third-order valence-corrected chi connectivity index (χ3v) is 2.18. The smallest absolute Gasteiger partial charge is 0.201 e. The van der Waals surface area contributed by atoms with E-state index in [9.17, 15) is 4.79 Å². The van der Waals surface area contributed by atoms with Crippen LogP contribution in [0.3, 0.4) is 0 Å². The van der Waals surface area contributed by atoms with E-state index in [0.29, 0.717) is 12.1 Å². The van der Waals surface area contributed by atoms with Gasteiger partial charge < -0.3 is 5.32 Å². The van der Waals surface area contributed by atoms with Crippen LogP contribution < -0.4 is 5.32 Å². The van der Waals surface area contributed by atoms with E-state index in [2.05, 4.69) is 22.1 Å². The van der Waals surface area contributed by atoms with E-state index in [1.165, 1.54) is 0 Å². The highest BCUT2D eigenvalue weighted by molar-refractivity contribution is 6.44. The summed E-state index contributed by atoms with van der Waals surface area (Å²) in [6.45, 7) is 9.58. The van der Waals surface area contributed by atoms with Gasteiger partial charge in [0, 0.05) is 18.3 Å². The van der Waals surface area contributed by atoms with E-state index >= 15 is 0 Å².